The molecule has 0 spiro atoms. The predicted molar refractivity (Wildman–Crippen MR) is 111 cm³/mol. The summed E-state index contributed by atoms with van der Waals surface area (Å²) in [6.07, 6.45) is 3.60. The van der Waals surface area contributed by atoms with Crippen LogP contribution >= 0.6 is 0 Å². The molecule has 0 bridgehead atoms. The highest BCUT2D eigenvalue weighted by Crippen LogP contribution is 2.25. The predicted octanol–water partition coefficient (Wildman–Crippen LogP) is 3.93. The first-order chi connectivity index (χ1) is 13.3. The second-order valence-corrected chi connectivity index (χ2v) is 7.85. The first-order valence-electron chi connectivity index (χ1n) is 10.1. The Morgan fingerprint density at radius 1 is 1.14 bits per heavy atom. The maximum Gasteiger partial charge on any atom is 0.287 e. The van der Waals surface area contributed by atoms with Gasteiger partial charge < -0.3 is 15.2 Å². The molecule has 6 nitrogen and oxygen atoms in total. The second-order valence-electron chi connectivity index (χ2n) is 7.85. The maximum atomic E-state index is 13.1. The lowest BCUT2D eigenvalue weighted by Gasteiger charge is -2.18. The molecule has 0 radical (unpaired) electrons. The number of nitrogens with one attached hydrogen (secondary N) is 2. The molecular formula is C22H30N4O2. The monoisotopic (exact) mass is 382 g/mol. The van der Waals surface area contributed by atoms with Crippen molar-refractivity contribution in [1.82, 2.24) is 14.9 Å². The van der Waals surface area contributed by atoms with Crippen molar-refractivity contribution in [2.24, 2.45) is 0 Å². The summed E-state index contributed by atoms with van der Waals surface area (Å²) >= 11 is 0. The number of rotatable bonds is 5. The lowest BCUT2D eigenvalue weighted by Crippen LogP contribution is -2.34. The van der Waals surface area contributed by atoms with E-state index in [4.69, 9.17) is 0 Å². The highest BCUT2D eigenvalue weighted by atomic mass is 16.2. The molecule has 28 heavy (non-hydrogen) atoms. The first-order valence-corrected chi connectivity index (χ1v) is 10.1. The number of imidazole rings is 1. The molecule has 3 rings (SSSR count). The van der Waals surface area contributed by atoms with E-state index in [2.05, 4.69) is 27.8 Å². The summed E-state index contributed by atoms with van der Waals surface area (Å²) in [5.41, 5.74) is 5.26. The third-order valence-corrected chi connectivity index (χ3v) is 5.44. The minimum absolute atomic E-state index is 0.0687. The number of carbonyl (C=O) groups is 2. The molecule has 0 fully saturated rings. The Morgan fingerprint density at radius 2 is 1.82 bits per heavy atom. The van der Waals surface area contributed by atoms with Gasteiger partial charge >= 0.3 is 0 Å². The molecule has 6 heteroatoms. The molecule has 2 amide bonds. The van der Waals surface area contributed by atoms with Gasteiger partial charge in [0.1, 0.15) is 0 Å². The Morgan fingerprint density at radius 3 is 2.46 bits per heavy atom. The van der Waals surface area contributed by atoms with Crippen molar-refractivity contribution < 1.29 is 9.59 Å². The van der Waals surface area contributed by atoms with E-state index in [9.17, 15) is 9.59 Å². The van der Waals surface area contributed by atoms with Gasteiger partial charge in [0.2, 0.25) is 0 Å². The van der Waals surface area contributed by atoms with Gasteiger partial charge in [-0.05, 0) is 64.5 Å². The third-order valence-electron chi connectivity index (χ3n) is 5.44. The van der Waals surface area contributed by atoms with Crippen LogP contribution in [0.5, 0.6) is 0 Å². The van der Waals surface area contributed by atoms with E-state index in [1.54, 1.807) is 0 Å². The number of carbonyl (C=O) groups excluding carboxylic acids is 2. The minimum Gasteiger partial charge on any atom is -0.347 e. The standard InChI is InChI=1S/C22H30N4O2/c1-6-16(5)23-22(28)20-24-19(17-9-7-8-10-26(17)20)21(27)25-18-14(3)11-13(2)12-15(18)4/h11-12,16H,6-10H2,1-5H3,(H,23,28)(H,25,27). The Labute approximate surface area is 166 Å². The second kappa shape index (κ2) is 8.17. The highest BCUT2D eigenvalue weighted by Gasteiger charge is 2.28. The Kier molecular flexibility index (Phi) is 5.87. The Hall–Kier alpha value is -2.63. The van der Waals surface area contributed by atoms with Crippen molar-refractivity contribution in [3.05, 3.63) is 46.0 Å². The van der Waals surface area contributed by atoms with Crippen LogP contribution in [0.4, 0.5) is 5.69 Å². The van der Waals surface area contributed by atoms with E-state index in [1.165, 1.54) is 0 Å². The van der Waals surface area contributed by atoms with Crippen molar-refractivity contribution in [2.75, 3.05) is 5.32 Å². The van der Waals surface area contributed by atoms with Crippen LogP contribution in [0, 0.1) is 20.8 Å². The average molecular weight is 383 g/mol. The Balaban J connectivity index is 1.94. The van der Waals surface area contributed by atoms with E-state index in [-0.39, 0.29) is 17.9 Å². The number of amides is 2. The molecule has 2 heterocycles. The van der Waals surface area contributed by atoms with Crippen molar-refractivity contribution >= 4 is 17.5 Å². The Bertz CT molecular complexity index is 890. The number of aryl methyl sites for hydroxylation is 3. The number of benzene rings is 1. The SMILES string of the molecule is CCC(C)NC(=O)c1nc(C(=O)Nc2c(C)cc(C)cc2C)c2n1CCCC2. The fourth-order valence-electron chi connectivity index (χ4n) is 3.84. The summed E-state index contributed by atoms with van der Waals surface area (Å²) in [4.78, 5) is 30.3. The summed E-state index contributed by atoms with van der Waals surface area (Å²) in [6, 6.07) is 4.17. The maximum absolute atomic E-state index is 13.1. The number of hydrogen-bond donors (Lipinski definition) is 2. The summed E-state index contributed by atoms with van der Waals surface area (Å²) < 4.78 is 1.92. The highest BCUT2D eigenvalue weighted by molar-refractivity contribution is 6.05. The number of nitrogens with zero attached hydrogens (tertiary/aromatic N) is 2. The van der Waals surface area contributed by atoms with Gasteiger partial charge in [0.25, 0.3) is 11.8 Å². The van der Waals surface area contributed by atoms with Crippen LogP contribution < -0.4 is 10.6 Å². The van der Waals surface area contributed by atoms with E-state index in [0.29, 0.717) is 11.5 Å². The van der Waals surface area contributed by atoms with Crippen molar-refractivity contribution in [3.63, 3.8) is 0 Å². The molecule has 2 N–H and O–H groups in total. The van der Waals surface area contributed by atoms with Crippen LogP contribution in [0.1, 0.15) is 76.6 Å². The quantitative estimate of drug-likeness (QED) is 0.823. The zero-order valence-corrected chi connectivity index (χ0v) is 17.5. The summed E-state index contributed by atoms with van der Waals surface area (Å²) in [5, 5.41) is 6.00. The van der Waals surface area contributed by atoms with Crippen LogP contribution in [-0.2, 0) is 13.0 Å². The topological polar surface area (TPSA) is 76.0 Å². The number of fused-ring (bicyclic) bond motifs is 1. The van der Waals surface area contributed by atoms with Gasteiger partial charge in [-0.3, -0.25) is 9.59 Å². The largest absolute Gasteiger partial charge is 0.347 e. The molecule has 1 aliphatic heterocycles. The van der Waals surface area contributed by atoms with E-state index < -0.39 is 0 Å². The number of anilines is 1. The number of aromatic nitrogens is 2. The first kappa shape index (κ1) is 20.1. The van der Waals surface area contributed by atoms with Crippen LogP contribution in [0.25, 0.3) is 0 Å². The summed E-state index contributed by atoms with van der Waals surface area (Å²) in [6.45, 7) is 10.7. The fourth-order valence-corrected chi connectivity index (χ4v) is 3.84. The minimum atomic E-state index is -0.247. The molecule has 1 aromatic carbocycles. The van der Waals surface area contributed by atoms with Crippen molar-refractivity contribution in [2.45, 2.75) is 72.9 Å². The lowest BCUT2D eigenvalue weighted by molar-refractivity contribution is 0.0923. The molecular weight excluding hydrogens is 352 g/mol. The molecule has 0 saturated heterocycles. The zero-order chi connectivity index (χ0) is 20.4. The normalized spacial score (nSPS) is 14.3. The van der Waals surface area contributed by atoms with Gasteiger partial charge in [0.05, 0.1) is 5.69 Å². The molecule has 0 aliphatic carbocycles. The van der Waals surface area contributed by atoms with Crippen LogP contribution in [-0.4, -0.2) is 27.4 Å². The van der Waals surface area contributed by atoms with Gasteiger partial charge in [-0.1, -0.05) is 24.6 Å². The number of hydrogen-bond acceptors (Lipinski definition) is 3. The zero-order valence-electron chi connectivity index (χ0n) is 17.5. The van der Waals surface area contributed by atoms with Gasteiger partial charge in [-0.2, -0.15) is 0 Å². The molecule has 150 valence electrons. The van der Waals surface area contributed by atoms with Crippen molar-refractivity contribution in [1.29, 1.82) is 0 Å². The van der Waals surface area contributed by atoms with Gasteiger partial charge in [-0.15, -0.1) is 0 Å². The molecule has 1 unspecified atom stereocenters. The molecule has 1 aromatic heterocycles. The van der Waals surface area contributed by atoms with Crippen molar-refractivity contribution in [3.8, 4) is 0 Å². The third kappa shape index (κ3) is 3.96. The summed E-state index contributed by atoms with van der Waals surface area (Å²) in [5.74, 6) is -0.111. The molecule has 1 aliphatic rings. The van der Waals surface area contributed by atoms with Gasteiger partial charge in [-0.25, -0.2) is 4.98 Å². The molecule has 2 aromatic rings. The molecule has 0 saturated carbocycles. The van der Waals surface area contributed by atoms with Gasteiger partial charge in [0, 0.05) is 18.3 Å². The molecule has 1 atom stereocenters. The smallest absolute Gasteiger partial charge is 0.287 e. The van der Waals surface area contributed by atoms with Gasteiger partial charge in [0.15, 0.2) is 11.5 Å². The van der Waals surface area contributed by atoms with E-state index in [0.717, 1.165) is 60.3 Å². The lowest BCUT2D eigenvalue weighted by atomic mass is 10.0. The van der Waals surface area contributed by atoms with Crippen LogP contribution in [0.15, 0.2) is 12.1 Å². The van der Waals surface area contributed by atoms with Crippen LogP contribution in [0.2, 0.25) is 0 Å². The van der Waals surface area contributed by atoms with E-state index >= 15 is 0 Å². The summed E-state index contributed by atoms with van der Waals surface area (Å²) in [7, 11) is 0. The van der Waals surface area contributed by atoms with E-state index in [1.807, 2.05) is 39.2 Å². The average Bonchev–Trinajstić information content (AvgIpc) is 3.04. The van der Waals surface area contributed by atoms with Crippen LogP contribution in [0.3, 0.4) is 0 Å². The fraction of sp³-hybridized carbons (Fsp3) is 0.500.